The smallest absolute Gasteiger partial charge is 0.338 e. The zero-order valence-electron chi connectivity index (χ0n) is 9.17. The van der Waals surface area contributed by atoms with Crippen molar-refractivity contribution in [3.8, 4) is 6.07 Å². The van der Waals surface area contributed by atoms with Crippen LogP contribution in [0.4, 0.5) is 0 Å². The third-order valence-corrected chi connectivity index (χ3v) is 2.03. The lowest BCUT2D eigenvalue weighted by molar-refractivity contribution is 0.0689. The second-order valence-electron chi connectivity index (χ2n) is 3.44. The van der Waals surface area contributed by atoms with E-state index < -0.39 is 11.9 Å². The highest BCUT2D eigenvalue weighted by atomic mass is 16.4. The van der Waals surface area contributed by atoms with Crippen LogP contribution in [0.15, 0.2) is 18.3 Å². The van der Waals surface area contributed by atoms with Crippen molar-refractivity contribution in [3.05, 3.63) is 29.6 Å². The standard InChI is InChI=1S/C11H11N3O3/c1-7(4-5-12)14-10(15)9-8(11(16)17)3-2-6-13-9/h2-3,6-7H,4H2,1H3,(H,14,15)(H,16,17). The zero-order valence-corrected chi connectivity index (χ0v) is 9.17. The average molecular weight is 233 g/mol. The summed E-state index contributed by atoms with van der Waals surface area (Å²) >= 11 is 0. The van der Waals surface area contributed by atoms with Crippen molar-refractivity contribution in [3.63, 3.8) is 0 Å². The number of carboxylic acid groups (broad SMARTS) is 1. The predicted molar refractivity (Wildman–Crippen MR) is 58.4 cm³/mol. The maximum Gasteiger partial charge on any atom is 0.338 e. The molecule has 0 aliphatic heterocycles. The van der Waals surface area contributed by atoms with Gasteiger partial charge in [0.05, 0.1) is 18.1 Å². The highest BCUT2D eigenvalue weighted by Gasteiger charge is 2.18. The summed E-state index contributed by atoms with van der Waals surface area (Å²) in [6, 6.07) is 4.31. The molecule has 1 aromatic heterocycles. The van der Waals surface area contributed by atoms with Crippen molar-refractivity contribution < 1.29 is 14.7 Å². The predicted octanol–water partition coefficient (Wildman–Crippen LogP) is 0.812. The van der Waals surface area contributed by atoms with Crippen molar-refractivity contribution >= 4 is 11.9 Å². The van der Waals surface area contributed by atoms with E-state index in [1.807, 2.05) is 6.07 Å². The Kier molecular flexibility index (Phi) is 4.17. The van der Waals surface area contributed by atoms with Gasteiger partial charge >= 0.3 is 5.97 Å². The van der Waals surface area contributed by atoms with Crippen LogP contribution >= 0.6 is 0 Å². The van der Waals surface area contributed by atoms with E-state index in [0.717, 1.165) is 0 Å². The summed E-state index contributed by atoms with van der Waals surface area (Å²) < 4.78 is 0. The van der Waals surface area contributed by atoms with E-state index in [1.165, 1.54) is 18.3 Å². The van der Waals surface area contributed by atoms with Crippen LogP contribution in [0, 0.1) is 11.3 Å². The Labute approximate surface area is 97.9 Å². The fraction of sp³-hybridized carbons (Fsp3) is 0.273. The number of aromatic carboxylic acids is 1. The number of amides is 1. The molecule has 1 atom stereocenters. The lowest BCUT2D eigenvalue weighted by atomic mass is 10.1. The van der Waals surface area contributed by atoms with Crippen LogP contribution in [-0.2, 0) is 0 Å². The van der Waals surface area contributed by atoms with Gasteiger partial charge in [-0.25, -0.2) is 4.79 Å². The highest BCUT2D eigenvalue weighted by molar-refractivity contribution is 6.03. The summed E-state index contributed by atoms with van der Waals surface area (Å²) in [6.07, 6.45) is 1.50. The van der Waals surface area contributed by atoms with Crippen molar-refractivity contribution in [2.75, 3.05) is 0 Å². The van der Waals surface area contributed by atoms with Gasteiger partial charge in [-0.05, 0) is 19.1 Å². The monoisotopic (exact) mass is 233 g/mol. The third-order valence-electron chi connectivity index (χ3n) is 2.03. The lowest BCUT2D eigenvalue weighted by Gasteiger charge is -2.10. The molecular formula is C11H11N3O3. The molecule has 2 N–H and O–H groups in total. The summed E-state index contributed by atoms with van der Waals surface area (Å²) in [7, 11) is 0. The molecule has 0 aliphatic carbocycles. The molecule has 0 spiro atoms. The molecule has 0 saturated carbocycles. The highest BCUT2D eigenvalue weighted by Crippen LogP contribution is 2.05. The van der Waals surface area contributed by atoms with Crippen LogP contribution in [0.1, 0.15) is 34.2 Å². The Bertz CT molecular complexity index is 479. The molecule has 0 saturated heterocycles. The molecule has 6 nitrogen and oxygen atoms in total. The maximum absolute atomic E-state index is 11.7. The number of hydrogen-bond acceptors (Lipinski definition) is 4. The van der Waals surface area contributed by atoms with Crippen LogP contribution < -0.4 is 5.32 Å². The molecule has 0 bridgehead atoms. The molecular weight excluding hydrogens is 222 g/mol. The SMILES string of the molecule is CC(CC#N)NC(=O)c1ncccc1C(=O)O. The molecule has 1 rings (SSSR count). The summed E-state index contributed by atoms with van der Waals surface area (Å²) in [6.45, 7) is 1.66. The summed E-state index contributed by atoms with van der Waals surface area (Å²) in [5, 5.41) is 19.8. The van der Waals surface area contributed by atoms with Gasteiger partial charge in [0, 0.05) is 12.2 Å². The van der Waals surface area contributed by atoms with Gasteiger partial charge in [-0.15, -0.1) is 0 Å². The Morgan fingerprint density at radius 1 is 1.65 bits per heavy atom. The number of rotatable bonds is 4. The number of carbonyl (C=O) groups is 2. The first kappa shape index (κ1) is 12.6. The van der Waals surface area contributed by atoms with Gasteiger partial charge in [-0.2, -0.15) is 5.26 Å². The first-order valence-corrected chi connectivity index (χ1v) is 4.92. The Balaban J connectivity index is 2.90. The average Bonchev–Trinajstić information content (AvgIpc) is 2.29. The molecule has 0 fully saturated rings. The molecule has 6 heteroatoms. The molecule has 0 aliphatic rings. The number of pyridine rings is 1. The van der Waals surface area contributed by atoms with Crippen LogP contribution in [0.25, 0.3) is 0 Å². The second-order valence-corrected chi connectivity index (χ2v) is 3.44. The second kappa shape index (κ2) is 5.61. The molecule has 1 aromatic rings. The molecule has 0 aromatic carbocycles. The van der Waals surface area contributed by atoms with Crippen molar-refractivity contribution in [2.45, 2.75) is 19.4 Å². The van der Waals surface area contributed by atoms with Gasteiger partial charge in [-0.1, -0.05) is 0 Å². The van der Waals surface area contributed by atoms with Gasteiger partial charge in [0.2, 0.25) is 0 Å². The van der Waals surface area contributed by atoms with Crippen molar-refractivity contribution in [1.29, 1.82) is 5.26 Å². The Hall–Kier alpha value is -2.42. The van der Waals surface area contributed by atoms with E-state index >= 15 is 0 Å². The van der Waals surface area contributed by atoms with Crippen LogP contribution in [0.5, 0.6) is 0 Å². The fourth-order valence-electron chi connectivity index (χ4n) is 1.24. The molecule has 17 heavy (non-hydrogen) atoms. The fourth-order valence-corrected chi connectivity index (χ4v) is 1.24. The van der Waals surface area contributed by atoms with Crippen LogP contribution in [-0.4, -0.2) is 28.0 Å². The van der Waals surface area contributed by atoms with E-state index in [0.29, 0.717) is 0 Å². The quantitative estimate of drug-likeness (QED) is 0.801. The van der Waals surface area contributed by atoms with Crippen molar-refractivity contribution in [2.24, 2.45) is 0 Å². The van der Waals surface area contributed by atoms with Crippen LogP contribution in [0.2, 0.25) is 0 Å². The van der Waals surface area contributed by atoms with E-state index in [2.05, 4.69) is 10.3 Å². The van der Waals surface area contributed by atoms with Gasteiger partial charge < -0.3 is 10.4 Å². The van der Waals surface area contributed by atoms with Crippen LogP contribution in [0.3, 0.4) is 0 Å². The lowest BCUT2D eigenvalue weighted by Crippen LogP contribution is -2.33. The molecule has 1 amide bonds. The minimum absolute atomic E-state index is 0.148. The molecule has 1 heterocycles. The van der Waals surface area contributed by atoms with Gasteiger partial charge in [-0.3, -0.25) is 9.78 Å². The summed E-state index contributed by atoms with van der Waals surface area (Å²) in [5.41, 5.74) is -0.307. The van der Waals surface area contributed by atoms with E-state index in [1.54, 1.807) is 6.92 Å². The number of nitrogens with one attached hydrogen (secondary N) is 1. The van der Waals surface area contributed by atoms with E-state index in [9.17, 15) is 9.59 Å². The number of nitriles is 1. The minimum Gasteiger partial charge on any atom is -0.478 e. The molecule has 88 valence electrons. The minimum atomic E-state index is -1.21. The van der Waals surface area contributed by atoms with Gasteiger partial charge in [0.1, 0.15) is 5.69 Å². The van der Waals surface area contributed by atoms with E-state index in [4.69, 9.17) is 10.4 Å². The van der Waals surface area contributed by atoms with Gasteiger partial charge in [0.15, 0.2) is 0 Å². The zero-order chi connectivity index (χ0) is 12.8. The molecule has 0 radical (unpaired) electrons. The summed E-state index contributed by atoms with van der Waals surface area (Å²) in [4.78, 5) is 26.3. The first-order valence-electron chi connectivity index (χ1n) is 4.92. The summed E-state index contributed by atoms with van der Waals surface area (Å²) in [5.74, 6) is -1.80. The van der Waals surface area contributed by atoms with Gasteiger partial charge in [0.25, 0.3) is 5.91 Å². The Morgan fingerprint density at radius 2 is 2.35 bits per heavy atom. The topological polar surface area (TPSA) is 103 Å². The Morgan fingerprint density at radius 3 is 2.94 bits per heavy atom. The number of aromatic nitrogens is 1. The number of carbonyl (C=O) groups excluding carboxylic acids is 1. The van der Waals surface area contributed by atoms with E-state index in [-0.39, 0.29) is 23.7 Å². The largest absolute Gasteiger partial charge is 0.478 e. The number of carboxylic acids is 1. The molecule has 1 unspecified atom stereocenters. The first-order chi connectivity index (χ1) is 8.06. The third kappa shape index (κ3) is 3.28. The maximum atomic E-state index is 11.7. The number of nitrogens with zero attached hydrogens (tertiary/aromatic N) is 2. The normalized spacial score (nSPS) is 11.3. The van der Waals surface area contributed by atoms with Crippen molar-refractivity contribution in [1.82, 2.24) is 10.3 Å². The number of hydrogen-bond donors (Lipinski definition) is 2.